The summed E-state index contributed by atoms with van der Waals surface area (Å²) in [6.07, 6.45) is 0. The third-order valence-corrected chi connectivity index (χ3v) is 4.34. The number of nitrogens with one attached hydrogen (secondary N) is 1. The fraction of sp³-hybridized carbons (Fsp3) is 0.278. The highest BCUT2D eigenvalue weighted by atomic mass is 79.9. The summed E-state index contributed by atoms with van der Waals surface area (Å²) in [5.74, 6) is 0.814. The number of hydrogen-bond acceptors (Lipinski definition) is 2. The van der Waals surface area contributed by atoms with Crippen LogP contribution in [-0.4, -0.2) is 19.6 Å². The standard InChI is InChI=1S/C18H21BrN2O2/c1-12-8-9-16(15(19)10-12)21-18(22)11-20-13(2)14-6-4-5-7-17(14)23-3/h4-10,13,20H,11H2,1-3H3,(H,21,22)/p+1/t13-/m0/s1. The summed E-state index contributed by atoms with van der Waals surface area (Å²) < 4.78 is 6.26. The number of halogens is 1. The molecule has 0 heterocycles. The van der Waals surface area contributed by atoms with Crippen molar-refractivity contribution >= 4 is 27.5 Å². The number of amides is 1. The van der Waals surface area contributed by atoms with Gasteiger partial charge in [-0.2, -0.15) is 0 Å². The Balaban J connectivity index is 1.93. The van der Waals surface area contributed by atoms with Crippen LogP contribution < -0.4 is 15.4 Å². The lowest BCUT2D eigenvalue weighted by Gasteiger charge is -2.14. The van der Waals surface area contributed by atoms with Crippen molar-refractivity contribution < 1.29 is 14.8 Å². The van der Waals surface area contributed by atoms with Crippen molar-refractivity contribution in [3.05, 3.63) is 58.1 Å². The van der Waals surface area contributed by atoms with Crippen LogP contribution in [-0.2, 0) is 4.79 Å². The van der Waals surface area contributed by atoms with Gasteiger partial charge in [-0.3, -0.25) is 4.79 Å². The van der Waals surface area contributed by atoms with Gasteiger partial charge in [-0.25, -0.2) is 0 Å². The Labute approximate surface area is 145 Å². The SMILES string of the molecule is COc1ccccc1[C@H](C)[NH2+]CC(=O)Nc1ccc(C)cc1Br. The molecule has 1 amide bonds. The Morgan fingerprint density at radius 1 is 1.30 bits per heavy atom. The maximum Gasteiger partial charge on any atom is 0.279 e. The first kappa shape index (κ1) is 17.5. The molecular formula is C18H22BrN2O2+. The summed E-state index contributed by atoms with van der Waals surface area (Å²) in [5.41, 5.74) is 3.02. The fourth-order valence-corrected chi connectivity index (χ4v) is 2.97. The van der Waals surface area contributed by atoms with E-state index in [0.717, 1.165) is 27.0 Å². The highest BCUT2D eigenvalue weighted by molar-refractivity contribution is 9.10. The molecule has 0 unspecified atom stereocenters. The number of aryl methyl sites for hydroxylation is 1. The third kappa shape index (κ3) is 4.81. The van der Waals surface area contributed by atoms with E-state index in [-0.39, 0.29) is 11.9 Å². The second-order valence-corrected chi connectivity index (χ2v) is 6.36. The van der Waals surface area contributed by atoms with Crippen LogP contribution in [0.25, 0.3) is 0 Å². The van der Waals surface area contributed by atoms with Gasteiger partial charge in [-0.15, -0.1) is 0 Å². The first-order valence-electron chi connectivity index (χ1n) is 7.53. The van der Waals surface area contributed by atoms with Gasteiger partial charge in [0.25, 0.3) is 5.91 Å². The quantitative estimate of drug-likeness (QED) is 0.812. The summed E-state index contributed by atoms with van der Waals surface area (Å²) in [4.78, 5) is 12.1. The summed E-state index contributed by atoms with van der Waals surface area (Å²) in [7, 11) is 1.66. The Morgan fingerprint density at radius 2 is 2.04 bits per heavy atom. The number of ether oxygens (including phenoxy) is 1. The second kappa shape index (κ2) is 8.13. The van der Waals surface area contributed by atoms with Crippen molar-refractivity contribution in [3.63, 3.8) is 0 Å². The van der Waals surface area contributed by atoms with E-state index in [9.17, 15) is 4.79 Å². The molecule has 0 radical (unpaired) electrons. The van der Waals surface area contributed by atoms with E-state index < -0.39 is 0 Å². The Morgan fingerprint density at radius 3 is 2.74 bits per heavy atom. The van der Waals surface area contributed by atoms with Crippen LogP contribution in [0.1, 0.15) is 24.1 Å². The van der Waals surface area contributed by atoms with Crippen LogP contribution in [0.3, 0.4) is 0 Å². The summed E-state index contributed by atoms with van der Waals surface area (Å²) in [6, 6.07) is 13.9. The van der Waals surface area contributed by atoms with Gasteiger partial charge in [0.1, 0.15) is 11.8 Å². The zero-order valence-electron chi connectivity index (χ0n) is 13.6. The van der Waals surface area contributed by atoms with Crippen molar-refractivity contribution in [2.45, 2.75) is 19.9 Å². The predicted octanol–water partition coefficient (Wildman–Crippen LogP) is 3.03. The lowest BCUT2D eigenvalue weighted by atomic mass is 10.1. The van der Waals surface area contributed by atoms with Crippen LogP contribution in [0.2, 0.25) is 0 Å². The van der Waals surface area contributed by atoms with Crippen molar-refractivity contribution in [3.8, 4) is 5.75 Å². The van der Waals surface area contributed by atoms with Crippen LogP contribution in [0, 0.1) is 6.92 Å². The minimum atomic E-state index is -0.0312. The highest BCUT2D eigenvalue weighted by Gasteiger charge is 2.15. The molecule has 0 bridgehead atoms. The number of benzene rings is 2. The summed E-state index contributed by atoms with van der Waals surface area (Å²) in [6.45, 7) is 4.42. The van der Waals surface area contributed by atoms with E-state index in [1.54, 1.807) is 7.11 Å². The van der Waals surface area contributed by atoms with E-state index in [1.165, 1.54) is 0 Å². The lowest BCUT2D eigenvalue weighted by molar-refractivity contribution is -0.682. The van der Waals surface area contributed by atoms with Gasteiger partial charge >= 0.3 is 0 Å². The molecule has 4 nitrogen and oxygen atoms in total. The van der Waals surface area contributed by atoms with Crippen LogP contribution in [0.4, 0.5) is 5.69 Å². The van der Waals surface area contributed by atoms with Gasteiger partial charge in [-0.05, 0) is 59.6 Å². The maximum atomic E-state index is 12.1. The number of hydrogen-bond donors (Lipinski definition) is 2. The number of para-hydroxylation sites is 1. The molecule has 5 heteroatoms. The van der Waals surface area contributed by atoms with Gasteiger partial charge in [0.05, 0.1) is 18.4 Å². The molecular weight excluding hydrogens is 356 g/mol. The second-order valence-electron chi connectivity index (χ2n) is 5.50. The monoisotopic (exact) mass is 377 g/mol. The number of carbonyl (C=O) groups excluding carboxylic acids is 1. The van der Waals surface area contributed by atoms with Gasteiger partial charge in [0.2, 0.25) is 0 Å². The molecule has 0 spiro atoms. The molecule has 0 aliphatic rings. The molecule has 2 rings (SSSR count). The minimum Gasteiger partial charge on any atom is -0.496 e. The maximum absolute atomic E-state index is 12.1. The molecule has 2 aromatic carbocycles. The number of carbonyl (C=O) groups is 1. The molecule has 3 N–H and O–H groups in total. The van der Waals surface area contributed by atoms with Crippen molar-refractivity contribution in [2.24, 2.45) is 0 Å². The summed E-state index contributed by atoms with van der Waals surface area (Å²) >= 11 is 3.47. The largest absolute Gasteiger partial charge is 0.496 e. The average Bonchev–Trinajstić information content (AvgIpc) is 2.55. The van der Waals surface area contributed by atoms with Crippen LogP contribution in [0.15, 0.2) is 46.9 Å². The third-order valence-electron chi connectivity index (χ3n) is 3.68. The van der Waals surface area contributed by atoms with Gasteiger partial charge in [-0.1, -0.05) is 18.2 Å². The number of quaternary nitrogens is 1. The Hall–Kier alpha value is -1.85. The molecule has 0 aromatic heterocycles. The topological polar surface area (TPSA) is 54.9 Å². The van der Waals surface area contributed by atoms with Gasteiger partial charge < -0.3 is 15.4 Å². The molecule has 2 aromatic rings. The number of rotatable bonds is 6. The predicted molar refractivity (Wildman–Crippen MR) is 95.7 cm³/mol. The van der Waals surface area contributed by atoms with E-state index in [0.29, 0.717) is 6.54 Å². The molecule has 122 valence electrons. The molecule has 0 saturated heterocycles. The van der Waals surface area contributed by atoms with Crippen molar-refractivity contribution in [1.29, 1.82) is 0 Å². The summed E-state index contributed by atoms with van der Waals surface area (Å²) in [5, 5.41) is 4.92. The molecule has 0 saturated carbocycles. The molecule has 0 fully saturated rings. The zero-order valence-corrected chi connectivity index (χ0v) is 15.2. The molecule has 0 aliphatic carbocycles. The smallest absolute Gasteiger partial charge is 0.279 e. The number of nitrogens with two attached hydrogens (primary N) is 1. The lowest BCUT2D eigenvalue weighted by Crippen LogP contribution is -2.86. The van der Waals surface area contributed by atoms with Gasteiger partial charge in [0, 0.05) is 4.47 Å². The van der Waals surface area contributed by atoms with E-state index in [1.807, 2.05) is 54.7 Å². The fourth-order valence-electron chi connectivity index (χ4n) is 2.38. The minimum absolute atomic E-state index is 0.0312. The Kier molecular flexibility index (Phi) is 6.19. The first-order chi connectivity index (χ1) is 11.0. The molecule has 0 aliphatic heterocycles. The van der Waals surface area contributed by atoms with Crippen molar-refractivity contribution in [2.75, 3.05) is 19.0 Å². The number of methoxy groups -OCH3 is 1. The molecule has 1 atom stereocenters. The van der Waals surface area contributed by atoms with Crippen LogP contribution >= 0.6 is 15.9 Å². The van der Waals surface area contributed by atoms with Crippen molar-refractivity contribution in [1.82, 2.24) is 0 Å². The zero-order chi connectivity index (χ0) is 16.8. The average molecular weight is 378 g/mol. The van der Waals surface area contributed by atoms with Crippen LogP contribution in [0.5, 0.6) is 5.75 Å². The Bertz CT molecular complexity index is 688. The molecule has 23 heavy (non-hydrogen) atoms. The normalized spacial score (nSPS) is 11.8. The van der Waals surface area contributed by atoms with E-state index >= 15 is 0 Å². The number of anilines is 1. The van der Waals surface area contributed by atoms with E-state index in [4.69, 9.17) is 4.74 Å². The first-order valence-corrected chi connectivity index (χ1v) is 8.33. The van der Waals surface area contributed by atoms with E-state index in [2.05, 4.69) is 28.2 Å². The van der Waals surface area contributed by atoms with Gasteiger partial charge in [0.15, 0.2) is 6.54 Å². The highest BCUT2D eigenvalue weighted by Crippen LogP contribution is 2.23.